The van der Waals surface area contributed by atoms with E-state index in [9.17, 15) is 4.79 Å². The van der Waals surface area contributed by atoms with Gasteiger partial charge in [0.2, 0.25) is 5.91 Å². The molecule has 110 valence electrons. The molecule has 4 nitrogen and oxygen atoms in total. The number of carbonyl (C=O) groups excluding carboxylic acids is 1. The number of piperidine rings is 1. The number of hydrogen-bond donors (Lipinski definition) is 2. The summed E-state index contributed by atoms with van der Waals surface area (Å²) in [4.78, 5) is 14.6. The molecule has 1 aromatic rings. The first kappa shape index (κ1) is 14.9. The number of benzene rings is 1. The van der Waals surface area contributed by atoms with Crippen LogP contribution in [-0.2, 0) is 4.79 Å². The van der Waals surface area contributed by atoms with Crippen molar-refractivity contribution in [2.75, 3.05) is 25.9 Å². The van der Waals surface area contributed by atoms with Crippen LogP contribution in [0.3, 0.4) is 0 Å². The first-order valence-electron chi connectivity index (χ1n) is 7.41. The van der Waals surface area contributed by atoms with Gasteiger partial charge in [-0.3, -0.25) is 4.79 Å². The Kier molecular flexibility index (Phi) is 5.01. The number of likely N-dealkylation sites (N-methyl/N-ethyl adjacent to an activating group) is 1. The normalized spacial score (nSPS) is 21.4. The van der Waals surface area contributed by atoms with Crippen molar-refractivity contribution in [2.45, 2.75) is 38.1 Å². The van der Waals surface area contributed by atoms with Gasteiger partial charge in [-0.2, -0.15) is 0 Å². The van der Waals surface area contributed by atoms with E-state index in [1.165, 1.54) is 19.3 Å². The van der Waals surface area contributed by atoms with Crippen molar-refractivity contribution in [2.24, 2.45) is 0 Å². The number of carbonyl (C=O) groups is 1. The monoisotopic (exact) mass is 275 g/mol. The highest BCUT2D eigenvalue weighted by molar-refractivity contribution is 5.83. The van der Waals surface area contributed by atoms with Crippen LogP contribution in [-0.4, -0.2) is 37.0 Å². The van der Waals surface area contributed by atoms with Gasteiger partial charge in [-0.1, -0.05) is 18.6 Å². The number of amides is 1. The second-order valence-electron chi connectivity index (χ2n) is 5.77. The number of rotatable bonds is 4. The Morgan fingerprint density at radius 2 is 2.30 bits per heavy atom. The molecule has 0 spiro atoms. The number of hydrogen-bond acceptors (Lipinski definition) is 3. The Labute approximate surface area is 121 Å². The molecule has 1 amide bonds. The summed E-state index contributed by atoms with van der Waals surface area (Å²) in [7, 11) is 2.14. The number of nitrogens with zero attached hydrogens (tertiary/aromatic N) is 1. The second-order valence-corrected chi connectivity index (χ2v) is 5.77. The van der Waals surface area contributed by atoms with Crippen molar-refractivity contribution in [1.29, 1.82) is 0 Å². The highest BCUT2D eigenvalue weighted by Crippen LogP contribution is 2.18. The second kappa shape index (κ2) is 6.75. The molecule has 3 N–H and O–H groups in total. The van der Waals surface area contributed by atoms with Crippen molar-refractivity contribution in [3.05, 3.63) is 29.8 Å². The number of nitrogens with two attached hydrogens (primary N) is 1. The molecular formula is C16H25N3O. The zero-order valence-electron chi connectivity index (χ0n) is 12.4. The minimum Gasteiger partial charge on any atom is -0.399 e. The largest absolute Gasteiger partial charge is 0.399 e. The Morgan fingerprint density at radius 1 is 1.50 bits per heavy atom. The number of nitrogen functional groups attached to an aromatic ring is 1. The van der Waals surface area contributed by atoms with E-state index in [2.05, 4.69) is 17.3 Å². The van der Waals surface area contributed by atoms with Crippen molar-refractivity contribution in [3.8, 4) is 0 Å². The third kappa shape index (κ3) is 3.73. The molecule has 0 saturated carbocycles. The van der Waals surface area contributed by atoms with Crippen molar-refractivity contribution < 1.29 is 4.79 Å². The molecule has 0 radical (unpaired) electrons. The highest BCUT2D eigenvalue weighted by atomic mass is 16.1. The zero-order chi connectivity index (χ0) is 14.5. The van der Waals surface area contributed by atoms with Gasteiger partial charge >= 0.3 is 0 Å². The number of nitrogens with one attached hydrogen (secondary N) is 1. The SMILES string of the molecule is CC(C(=O)NCC1CCCCN1C)c1cccc(N)c1. The topological polar surface area (TPSA) is 58.4 Å². The maximum absolute atomic E-state index is 12.2. The highest BCUT2D eigenvalue weighted by Gasteiger charge is 2.21. The third-order valence-electron chi connectivity index (χ3n) is 4.24. The lowest BCUT2D eigenvalue weighted by atomic mass is 9.99. The molecule has 1 heterocycles. The number of anilines is 1. The van der Waals surface area contributed by atoms with E-state index < -0.39 is 0 Å². The zero-order valence-corrected chi connectivity index (χ0v) is 12.4. The van der Waals surface area contributed by atoms with Gasteiger partial charge in [0, 0.05) is 18.3 Å². The molecule has 0 aromatic heterocycles. The van der Waals surface area contributed by atoms with Gasteiger partial charge < -0.3 is 16.0 Å². The molecule has 2 unspecified atom stereocenters. The summed E-state index contributed by atoms with van der Waals surface area (Å²) in [6.07, 6.45) is 3.69. The van der Waals surface area contributed by atoms with E-state index in [-0.39, 0.29) is 11.8 Å². The van der Waals surface area contributed by atoms with Crippen LogP contribution in [0.2, 0.25) is 0 Å². The molecule has 20 heavy (non-hydrogen) atoms. The Hall–Kier alpha value is -1.55. The van der Waals surface area contributed by atoms with Crippen LogP contribution >= 0.6 is 0 Å². The average molecular weight is 275 g/mol. The van der Waals surface area contributed by atoms with E-state index in [0.29, 0.717) is 11.7 Å². The Balaban J connectivity index is 1.88. The minimum absolute atomic E-state index is 0.0783. The first-order chi connectivity index (χ1) is 9.58. The van der Waals surface area contributed by atoms with E-state index in [0.717, 1.165) is 18.7 Å². The van der Waals surface area contributed by atoms with Crippen LogP contribution in [0.1, 0.15) is 37.7 Å². The van der Waals surface area contributed by atoms with Crippen LogP contribution in [0.4, 0.5) is 5.69 Å². The van der Waals surface area contributed by atoms with Crippen LogP contribution < -0.4 is 11.1 Å². The fraction of sp³-hybridized carbons (Fsp3) is 0.562. The van der Waals surface area contributed by atoms with Crippen LogP contribution in [0, 0.1) is 0 Å². The van der Waals surface area contributed by atoms with E-state index in [1.807, 2.05) is 31.2 Å². The molecular weight excluding hydrogens is 250 g/mol. The molecule has 1 aliphatic heterocycles. The predicted octanol–water partition coefficient (Wildman–Crippen LogP) is 1.97. The molecule has 2 rings (SSSR count). The molecule has 1 saturated heterocycles. The third-order valence-corrected chi connectivity index (χ3v) is 4.24. The molecule has 0 bridgehead atoms. The summed E-state index contributed by atoms with van der Waals surface area (Å²) in [5, 5.41) is 3.08. The van der Waals surface area contributed by atoms with E-state index >= 15 is 0 Å². The molecule has 1 aliphatic rings. The van der Waals surface area contributed by atoms with Gasteiger partial charge in [0.1, 0.15) is 0 Å². The quantitative estimate of drug-likeness (QED) is 0.826. The van der Waals surface area contributed by atoms with Crippen LogP contribution in [0.15, 0.2) is 24.3 Å². The van der Waals surface area contributed by atoms with Gasteiger partial charge in [0.25, 0.3) is 0 Å². The molecule has 2 atom stereocenters. The van der Waals surface area contributed by atoms with Crippen molar-refractivity contribution in [1.82, 2.24) is 10.2 Å². The van der Waals surface area contributed by atoms with Gasteiger partial charge in [0.05, 0.1) is 5.92 Å². The van der Waals surface area contributed by atoms with Crippen LogP contribution in [0.25, 0.3) is 0 Å². The molecule has 1 aromatic carbocycles. The predicted molar refractivity (Wildman–Crippen MR) is 82.5 cm³/mol. The summed E-state index contributed by atoms with van der Waals surface area (Å²) in [5.74, 6) is -0.0815. The smallest absolute Gasteiger partial charge is 0.227 e. The average Bonchev–Trinajstić information content (AvgIpc) is 2.45. The number of likely N-dealkylation sites (tertiary alicyclic amines) is 1. The van der Waals surface area contributed by atoms with Crippen LogP contribution in [0.5, 0.6) is 0 Å². The Morgan fingerprint density at radius 3 is 3.00 bits per heavy atom. The maximum atomic E-state index is 12.2. The summed E-state index contributed by atoms with van der Waals surface area (Å²) in [6.45, 7) is 3.79. The molecule has 0 aliphatic carbocycles. The Bertz CT molecular complexity index is 461. The fourth-order valence-corrected chi connectivity index (χ4v) is 2.75. The summed E-state index contributed by atoms with van der Waals surface area (Å²) < 4.78 is 0. The van der Waals surface area contributed by atoms with Crippen molar-refractivity contribution >= 4 is 11.6 Å². The maximum Gasteiger partial charge on any atom is 0.227 e. The van der Waals surface area contributed by atoms with Gasteiger partial charge in [0.15, 0.2) is 0 Å². The molecule has 1 fully saturated rings. The minimum atomic E-state index is -0.160. The summed E-state index contributed by atoms with van der Waals surface area (Å²) in [6, 6.07) is 8.03. The van der Waals surface area contributed by atoms with E-state index in [4.69, 9.17) is 5.73 Å². The van der Waals surface area contributed by atoms with Gasteiger partial charge in [-0.15, -0.1) is 0 Å². The standard InChI is InChI=1S/C16H25N3O/c1-12(13-6-5-7-14(17)10-13)16(20)18-11-15-8-3-4-9-19(15)2/h5-7,10,12,15H,3-4,8-9,11,17H2,1-2H3,(H,18,20). The lowest BCUT2D eigenvalue weighted by Crippen LogP contribution is -2.45. The van der Waals surface area contributed by atoms with Gasteiger partial charge in [-0.25, -0.2) is 0 Å². The van der Waals surface area contributed by atoms with Gasteiger partial charge in [-0.05, 0) is 51.1 Å². The summed E-state index contributed by atoms with van der Waals surface area (Å²) in [5.41, 5.74) is 7.44. The van der Waals surface area contributed by atoms with E-state index in [1.54, 1.807) is 0 Å². The summed E-state index contributed by atoms with van der Waals surface area (Å²) >= 11 is 0. The fourth-order valence-electron chi connectivity index (χ4n) is 2.75. The first-order valence-corrected chi connectivity index (χ1v) is 7.41. The lowest BCUT2D eigenvalue weighted by molar-refractivity contribution is -0.122. The van der Waals surface area contributed by atoms with Crippen molar-refractivity contribution in [3.63, 3.8) is 0 Å². The lowest BCUT2D eigenvalue weighted by Gasteiger charge is -2.32. The molecule has 4 heteroatoms.